The van der Waals surface area contributed by atoms with E-state index in [0.29, 0.717) is 47.8 Å². The van der Waals surface area contributed by atoms with E-state index in [1.807, 2.05) is 24.3 Å². The molecule has 0 spiro atoms. The van der Waals surface area contributed by atoms with Gasteiger partial charge in [-0.1, -0.05) is 18.2 Å². The number of pyridine rings is 1. The van der Waals surface area contributed by atoms with Crippen molar-refractivity contribution in [3.63, 3.8) is 0 Å². The quantitative estimate of drug-likeness (QED) is 0.508. The van der Waals surface area contributed by atoms with Crippen LogP contribution in [0.5, 0.6) is 0 Å². The Balaban J connectivity index is 1.13. The fraction of sp³-hybridized carbons (Fsp3) is 0.346. The van der Waals surface area contributed by atoms with Gasteiger partial charge in [-0.3, -0.25) is 9.78 Å². The average molecular weight is 509 g/mol. The molecule has 9 nitrogen and oxygen atoms in total. The van der Waals surface area contributed by atoms with Crippen LogP contribution in [0.3, 0.4) is 0 Å². The van der Waals surface area contributed by atoms with E-state index in [1.165, 1.54) is 0 Å². The molecule has 2 unspecified atom stereocenters. The van der Waals surface area contributed by atoms with Gasteiger partial charge in [0.25, 0.3) is 5.91 Å². The Morgan fingerprint density at radius 3 is 2.56 bits per heavy atom. The maximum Gasteiger partial charge on any atom is 0.409 e. The molecule has 0 bridgehead atoms. The summed E-state index contributed by atoms with van der Waals surface area (Å²) in [6.45, 7) is 2.72. The van der Waals surface area contributed by atoms with E-state index in [9.17, 15) is 14.1 Å². The molecule has 0 aliphatic carbocycles. The number of para-hydroxylation sites is 1. The number of ether oxygens (including phenoxy) is 2. The second-order valence-corrected chi connectivity index (χ2v) is 9.95. The van der Waals surface area contributed by atoms with Crippen molar-refractivity contribution in [2.24, 2.45) is 0 Å². The molecule has 2 aliphatic rings. The molecule has 2 saturated heterocycles. The van der Waals surface area contributed by atoms with Crippen LogP contribution < -0.4 is 4.72 Å². The summed E-state index contributed by atoms with van der Waals surface area (Å²) in [4.78, 5) is 33.6. The van der Waals surface area contributed by atoms with Crippen molar-refractivity contribution >= 4 is 40.0 Å². The number of fused-ring (bicyclic) bond motifs is 1. The number of benzene rings is 2. The maximum atomic E-state index is 13.0. The molecule has 188 valence electrons. The zero-order valence-corrected chi connectivity index (χ0v) is 20.6. The molecule has 2 atom stereocenters. The second-order valence-electron chi connectivity index (χ2n) is 8.77. The van der Waals surface area contributed by atoms with Crippen LogP contribution in [-0.4, -0.2) is 76.8 Å². The van der Waals surface area contributed by atoms with Crippen molar-refractivity contribution in [1.29, 1.82) is 0 Å². The summed E-state index contributed by atoms with van der Waals surface area (Å²) >= 11 is -1.51. The van der Waals surface area contributed by atoms with Crippen LogP contribution >= 0.6 is 0 Å². The van der Waals surface area contributed by atoms with Crippen LogP contribution in [0.25, 0.3) is 10.9 Å². The Bertz CT molecular complexity index is 1210. The summed E-state index contributed by atoms with van der Waals surface area (Å²) in [5, 5.41) is 0.919. The van der Waals surface area contributed by atoms with Crippen molar-refractivity contribution in [2.45, 2.75) is 23.8 Å². The van der Waals surface area contributed by atoms with Gasteiger partial charge in [0.15, 0.2) is 0 Å². The van der Waals surface area contributed by atoms with Crippen LogP contribution in [0.2, 0.25) is 0 Å². The zero-order chi connectivity index (χ0) is 24.9. The number of hydrogen-bond donors (Lipinski definition) is 1. The lowest BCUT2D eigenvalue weighted by molar-refractivity contribution is 0.0225. The van der Waals surface area contributed by atoms with Crippen molar-refractivity contribution in [2.75, 3.05) is 44.1 Å². The molecule has 10 heteroatoms. The molecule has 1 N–H and O–H groups in total. The Kier molecular flexibility index (Phi) is 7.55. The number of rotatable bonds is 6. The predicted molar refractivity (Wildman–Crippen MR) is 136 cm³/mol. The van der Waals surface area contributed by atoms with Gasteiger partial charge in [-0.15, -0.1) is 0 Å². The molecule has 2 amide bonds. The molecule has 2 aromatic carbocycles. The standard InChI is InChI=1S/C26H28N4O5S/c31-25(29-13-15-30(16-14-29)26(32)35-18-22-6-3-17-34-22)20-8-10-21(11-9-20)28-36(33)23-7-1-4-19-5-2-12-27-24(19)23/h1-2,4-5,7-12,22,28H,3,6,13-18H2. The normalized spacial score (nSPS) is 18.8. The van der Waals surface area contributed by atoms with Crippen molar-refractivity contribution < 1.29 is 23.6 Å². The maximum absolute atomic E-state index is 13.0. The lowest BCUT2D eigenvalue weighted by Crippen LogP contribution is -2.51. The fourth-order valence-electron chi connectivity index (χ4n) is 4.37. The van der Waals surface area contributed by atoms with Gasteiger partial charge in [0.2, 0.25) is 4.90 Å². The first kappa shape index (κ1) is 24.4. The summed E-state index contributed by atoms with van der Waals surface area (Å²) in [6, 6.07) is 16.2. The number of nitrogens with one attached hydrogen (secondary N) is 1. The number of nitrogens with zero attached hydrogens (tertiary/aromatic N) is 3. The molecule has 0 saturated carbocycles. The summed E-state index contributed by atoms with van der Waals surface area (Å²) in [7, 11) is 0. The predicted octanol–water partition coefficient (Wildman–Crippen LogP) is 3.44. The molecule has 3 heterocycles. The van der Waals surface area contributed by atoms with Crippen LogP contribution in [0.1, 0.15) is 23.2 Å². The average Bonchev–Trinajstić information content (AvgIpc) is 3.45. The third kappa shape index (κ3) is 5.56. The van der Waals surface area contributed by atoms with Gasteiger partial charge >= 0.3 is 6.09 Å². The highest BCUT2D eigenvalue weighted by Crippen LogP contribution is 2.23. The van der Waals surface area contributed by atoms with Crippen molar-refractivity contribution in [1.82, 2.24) is 14.8 Å². The second kappa shape index (κ2) is 11.2. The zero-order valence-electron chi connectivity index (χ0n) is 19.8. The first-order valence-electron chi connectivity index (χ1n) is 12.0. The van der Waals surface area contributed by atoms with Crippen LogP contribution in [0.15, 0.2) is 65.7 Å². The van der Waals surface area contributed by atoms with E-state index in [-0.39, 0.29) is 24.7 Å². The number of piperazine rings is 1. The lowest BCUT2D eigenvalue weighted by atomic mass is 10.1. The molecule has 36 heavy (non-hydrogen) atoms. The lowest BCUT2D eigenvalue weighted by Gasteiger charge is -2.34. The summed E-state index contributed by atoms with van der Waals surface area (Å²) in [6.07, 6.45) is 3.23. The Morgan fingerprint density at radius 2 is 1.81 bits per heavy atom. The highest BCUT2D eigenvalue weighted by Gasteiger charge is 2.27. The van der Waals surface area contributed by atoms with E-state index in [0.717, 1.165) is 24.8 Å². The Morgan fingerprint density at radius 1 is 1.06 bits per heavy atom. The molecule has 2 aliphatic heterocycles. The Hall–Kier alpha value is -3.34. The van der Waals surface area contributed by atoms with E-state index < -0.39 is 11.4 Å². The van der Waals surface area contributed by atoms with Gasteiger partial charge in [0.1, 0.15) is 23.5 Å². The minimum Gasteiger partial charge on any atom is -0.588 e. The number of aromatic nitrogens is 1. The third-order valence-corrected chi connectivity index (χ3v) is 7.53. The monoisotopic (exact) mass is 508 g/mol. The first-order chi connectivity index (χ1) is 17.6. The molecule has 5 rings (SSSR count). The largest absolute Gasteiger partial charge is 0.588 e. The smallest absolute Gasteiger partial charge is 0.409 e. The number of carbonyl (C=O) groups excluding carboxylic acids is 2. The molecule has 0 radical (unpaired) electrons. The molecule has 3 aromatic rings. The fourth-order valence-corrected chi connectivity index (χ4v) is 5.38. The molecule has 1 aromatic heterocycles. The van der Waals surface area contributed by atoms with Gasteiger partial charge in [-0.05, 0) is 49.2 Å². The third-order valence-electron chi connectivity index (χ3n) is 6.38. The van der Waals surface area contributed by atoms with Gasteiger partial charge in [0.05, 0.1) is 11.8 Å². The van der Waals surface area contributed by atoms with E-state index >= 15 is 0 Å². The molecule has 2 fully saturated rings. The topological polar surface area (TPSA) is 107 Å². The van der Waals surface area contributed by atoms with E-state index in [1.54, 1.807) is 46.3 Å². The highest BCUT2D eigenvalue weighted by atomic mass is 32.2. The highest BCUT2D eigenvalue weighted by molar-refractivity contribution is 7.93. The van der Waals surface area contributed by atoms with Gasteiger partial charge in [-0.2, -0.15) is 0 Å². The summed E-state index contributed by atoms with van der Waals surface area (Å²) in [5.41, 5.74) is 1.86. The van der Waals surface area contributed by atoms with Gasteiger partial charge in [-0.25, -0.2) is 9.52 Å². The minimum absolute atomic E-state index is 0.00425. The number of anilines is 1. The van der Waals surface area contributed by atoms with Crippen LogP contribution in [0, 0.1) is 0 Å². The van der Waals surface area contributed by atoms with Crippen molar-refractivity contribution in [3.8, 4) is 0 Å². The minimum atomic E-state index is -1.51. The number of amides is 2. The Labute approximate surface area is 212 Å². The molecular weight excluding hydrogens is 480 g/mol. The first-order valence-corrected chi connectivity index (χ1v) is 13.2. The van der Waals surface area contributed by atoms with E-state index in [2.05, 4.69) is 9.71 Å². The molecular formula is C26H28N4O5S. The van der Waals surface area contributed by atoms with Crippen LogP contribution in [-0.2, 0) is 20.8 Å². The number of carbonyl (C=O) groups is 2. The van der Waals surface area contributed by atoms with Crippen molar-refractivity contribution in [3.05, 3.63) is 66.4 Å². The van der Waals surface area contributed by atoms with Crippen LogP contribution in [0.4, 0.5) is 10.5 Å². The summed E-state index contributed by atoms with van der Waals surface area (Å²) in [5.74, 6) is -0.103. The van der Waals surface area contributed by atoms with E-state index in [4.69, 9.17) is 9.47 Å². The van der Waals surface area contributed by atoms with Gasteiger partial charge < -0.3 is 23.8 Å². The summed E-state index contributed by atoms with van der Waals surface area (Å²) < 4.78 is 26.8. The number of hydrogen-bond acceptors (Lipinski definition) is 7. The SMILES string of the molecule is O=C(OCC1CCCO1)N1CCN(C(=O)c2ccc(N[S+]([O-])c3cccc4cccnc34)cc2)CC1. The van der Waals surface area contributed by atoms with Gasteiger partial charge in [0, 0.05) is 49.9 Å².